The van der Waals surface area contributed by atoms with Crippen LogP contribution in [0.5, 0.6) is 5.75 Å². The Labute approximate surface area is 215 Å². The average Bonchev–Trinajstić information content (AvgIpc) is 3.27. The van der Waals surface area contributed by atoms with Gasteiger partial charge < -0.3 is 19.5 Å². The summed E-state index contributed by atoms with van der Waals surface area (Å²) in [6, 6.07) is 27.8. The van der Waals surface area contributed by atoms with Gasteiger partial charge in [-0.15, -0.1) is 0 Å². The minimum Gasteiger partial charge on any atom is -0.495 e. The molecule has 0 aliphatic rings. The Bertz CT molecular complexity index is 1240. The van der Waals surface area contributed by atoms with E-state index in [9.17, 15) is 0 Å². The molecule has 0 radical (unpaired) electrons. The number of methoxy groups -OCH3 is 1. The molecule has 174 valence electrons. The van der Waals surface area contributed by atoms with Crippen molar-refractivity contribution < 1.29 is 4.74 Å². The molecule has 3 aromatic carbocycles. The topological polar surface area (TPSA) is 29.4 Å². The van der Waals surface area contributed by atoms with Crippen LogP contribution < -0.4 is 10.1 Å². The van der Waals surface area contributed by atoms with Crippen LogP contribution in [0, 0.1) is 0 Å². The number of aromatic nitrogens is 1. The van der Waals surface area contributed by atoms with E-state index in [-0.39, 0.29) is 0 Å². The van der Waals surface area contributed by atoms with Crippen LogP contribution in [0.25, 0.3) is 0 Å². The summed E-state index contributed by atoms with van der Waals surface area (Å²) in [5, 5.41) is 5.26. The predicted molar refractivity (Wildman–Crippen MR) is 145 cm³/mol. The maximum absolute atomic E-state index is 6.23. The largest absolute Gasteiger partial charge is 0.495 e. The minimum absolute atomic E-state index is 0.587. The van der Waals surface area contributed by atoms with Crippen molar-refractivity contribution in [2.24, 2.45) is 0 Å². The molecule has 34 heavy (non-hydrogen) atoms. The van der Waals surface area contributed by atoms with Crippen LogP contribution in [0.3, 0.4) is 0 Å². The van der Waals surface area contributed by atoms with Crippen LogP contribution in [0.2, 0.25) is 10.0 Å². The van der Waals surface area contributed by atoms with Gasteiger partial charge in [0.05, 0.1) is 19.3 Å². The van der Waals surface area contributed by atoms with Gasteiger partial charge in [-0.3, -0.25) is 0 Å². The summed E-state index contributed by atoms with van der Waals surface area (Å²) < 4.78 is 7.71. The number of hydrogen-bond acceptors (Lipinski definition) is 2. The first-order valence-electron chi connectivity index (χ1n) is 10.8. The van der Waals surface area contributed by atoms with Gasteiger partial charge in [0.25, 0.3) is 0 Å². The third kappa shape index (κ3) is 6.32. The number of rotatable bonds is 8. The van der Waals surface area contributed by atoms with Crippen LogP contribution in [-0.2, 0) is 19.6 Å². The standard InChI is InChI=1S/C27H25Cl2N3OS/c1-33-26-14-13-23(29)16-25(26)30-27(34)32(18-20-6-3-2-4-7-20)19-24-8-5-15-31(24)17-21-9-11-22(28)12-10-21/h2-16H,17-19H2,1H3,(H,30,34). The number of halogens is 2. The summed E-state index contributed by atoms with van der Waals surface area (Å²) in [6.07, 6.45) is 2.08. The molecule has 0 aliphatic carbocycles. The lowest BCUT2D eigenvalue weighted by atomic mass is 10.2. The van der Waals surface area contributed by atoms with Gasteiger partial charge in [0.15, 0.2) is 5.11 Å². The van der Waals surface area contributed by atoms with Crippen molar-refractivity contribution in [3.63, 3.8) is 0 Å². The summed E-state index contributed by atoms with van der Waals surface area (Å²) >= 11 is 18.1. The van der Waals surface area contributed by atoms with Crippen LogP contribution >= 0.6 is 35.4 Å². The van der Waals surface area contributed by atoms with Gasteiger partial charge in [-0.05, 0) is 65.8 Å². The fraction of sp³-hybridized carbons (Fsp3) is 0.148. The molecule has 0 bridgehead atoms. The molecular formula is C27H25Cl2N3OS. The number of benzene rings is 3. The van der Waals surface area contributed by atoms with Gasteiger partial charge in [-0.1, -0.05) is 65.7 Å². The molecule has 0 amide bonds. The lowest BCUT2D eigenvalue weighted by Crippen LogP contribution is -2.34. The first kappa shape index (κ1) is 24.1. The highest BCUT2D eigenvalue weighted by atomic mass is 35.5. The third-order valence-electron chi connectivity index (χ3n) is 5.45. The molecule has 0 fully saturated rings. The molecule has 4 nitrogen and oxygen atoms in total. The lowest BCUT2D eigenvalue weighted by molar-refractivity contribution is 0.398. The van der Waals surface area contributed by atoms with E-state index >= 15 is 0 Å². The fourth-order valence-corrected chi connectivity index (χ4v) is 4.24. The molecule has 0 spiro atoms. The average molecular weight is 510 g/mol. The molecule has 0 atom stereocenters. The highest BCUT2D eigenvalue weighted by Gasteiger charge is 2.16. The Morgan fingerprint density at radius 3 is 2.35 bits per heavy atom. The smallest absolute Gasteiger partial charge is 0.174 e. The zero-order valence-electron chi connectivity index (χ0n) is 18.7. The summed E-state index contributed by atoms with van der Waals surface area (Å²) in [7, 11) is 1.63. The van der Waals surface area contributed by atoms with Crippen molar-refractivity contribution in [3.8, 4) is 5.75 Å². The predicted octanol–water partition coefficient (Wildman–Crippen LogP) is 7.25. The highest BCUT2D eigenvalue weighted by molar-refractivity contribution is 7.80. The Hall–Kier alpha value is -2.99. The normalized spacial score (nSPS) is 10.7. The Morgan fingerprint density at radius 1 is 0.882 bits per heavy atom. The Morgan fingerprint density at radius 2 is 1.62 bits per heavy atom. The first-order chi connectivity index (χ1) is 16.5. The van der Waals surface area contributed by atoms with E-state index in [1.165, 1.54) is 11.1 Å². The number of ether oxygens (including phenoxy) is 1. The van der Waals surface area contributed by atoms with E-state index in [1.54, 1.807) is 13.2 Å². The maximum atomic E-state index is 6.23. The molecule has 1 aromatic heterocycles. The van der Waals surface area contributed by atoms with Gasteiger partial charge in [0.2, 0.25) is 0 Å². The molecule has 4 aromatic rings. The quantitative estimate of drug-likeness (QED) is 0.253. The summed E-state index contributed by atoms with van der Waals surface area (Å²) in [5.41, 5.74) is 4.23. The Kier molecular flexibility index (Phi) is 8.12. The van der Waals surface area contributed by atoms with Crippen LogP contribution in [-0.4, -0.2) is 21.7 Å². The maximum Gasteiger partial charge on any atom is 0.174 e. The van der Waals surface area contributed by atoms with Crippen molar-refractivity contribution in [3.05, 3.63) is 118 Å². The monoisotopic (exact) mass is 509 g/mol. The lowest BCUT2D eigenvalue weighted by Gasteiger charge is -2.27. The van der Waals surface area contributed by atoms with Crippen molar-refractivity contribution in [1.29, 1.82) is 0 Å². The van der Waals surface area contributed by atoms with Gasteiger partial charge >= 0.3 is 0 Å². The SMILES string of the molecule is COc1ccc(Cl)cc1NC(=S)N(Cc1ccccc1)Cc1cccn1Cc1ccc(Cl)cc1. The molecule has 1 N–H and O–H groups in total. The molecule has 0 unspecified atom stereocenters. The zero-order chi connectivity index (χ0) is 23.9. The number of hydrogen-bond donors (Lipinski definition) is 1. The molecule has 1 heterocycles. The van der Waals surface area contributed by atoms with Crippen molar-refractivity contribution >= 4 is 46.2 Å². The molecule has 0 saturated carbocycles. The van der Waals surface area contributed by atoms with Gasteiger partial charge in [-0.25, -0.2) is 0 Å². The minimum atomic E-state index is 0.587. The molecule has 7 heteroatoms. The van der Waals surface area contributed by atoms with E-state index in [1.807, 2.05) is 54.6 Å². The van der Waals surface area contributed by atoms with Crippen LogP contribution in [0.1, 0.15) is 16.8 Å². The fourth-order valence-electron chi connectivity index (χ4n) is 3.70. The second kappa shape index (κ2) is 11.4. The van der Waals surface area contributed by atoms with E-state index in [2.05, 4.69) is 45.2 Å². The molecule has 0 aliphatic heterocycles. The van der Waals surface area contributed by atoms with Gasteiger partial charge in [-0.2, -0.15) is 0 Å². The Balaban J connectivity index is 1.57. The van der Waals surface area contributed by atoms with Crippen molar-refractivity contribution in [1.82, 2.24) is 9.47 Å². The first-order valence-corrected chi connectivity index (χ1v) is 12.0. The van der Waals surface area contributed by atoms with Crippen molar-refractivity contribution in [2.45, 2.75) is 19.6 Å². The van der Waals surface area contributed by atoms with E-state index in [0.717, 1.165) is 22.9 Å². The summed E-state index contributed by atoms with van der Waals surface area (Å²) in [5.74, 6) is 0.678. The van der Waals surface area contributed by atoms with Crippen LogP contribution in [0.4, 0.5) is 5.69 Å². The number of nitrogens with zero attached hydrogens (tertiary/aromatic N) is 2. The zero-order valence-corrected chi connectivity index (χ0v) is 21.1. The third-order valence-corrected chi connectivity index (χ3v) is 6.30. The number of anilines is 1. The highest BCUT2D eigenvalue weighted by Crippen LogP contribution is 2.28. The summed E-state index contributed by atoms with van der Waals surface area (Å²) in [6.45, 7) is 2.03. The van der Waals surface area contributed by atoms with E-state index < -0.39 is 0 Å². The van der Waals surface area contributed by atoms with Crippen molar-refractivity contribution in [2.75, 3.05) is 12.4 Å². The van der Waals surface area contributed by atoms with Gasteiger partial charge in [0, 0.05) is 35.0 Å². The second-order valence-electron chi connectivity index (χ2n) is 7.87. The molecular weight excluding hydrogens is 485 g/mol. The summed E-state index contributed by atoms with van der Waals surface area (Å²) in [4.78, 5) is 2.14. The van der Waals surface area contributed by atoms with E-state index in [0.29, 0.717) is 29.0 Å². The number of nitrogens with one attached hydrogen (secondary N) is 1. The number of thiocarbonyl (C=S) groups is 1. The molecule has 0 saturated heterocycles. The second-order valence-corrected chi connectivity index (χ2v) is 9.13. The van der Waals surface area contributed by atoms with Gasteiger partial charge in [0.1, 0.15) is 5.75 Å². The van der Waals surface area contributed by atoms with E-state index in [4.69, 9.17) is 40.2 Å². The molecule has 4 rings (SSSR count). The van der Waals surface area contributed by atoms with Crippen LogP contribution in [0.15, 0.2) is 91.1 Å².